The van der Waals surface area contributed by atoms with Gasteiger partial charge in [0.2, 0.25) is 0 Å². The number of nitrogens with one attached hydrogen (secondary N) is 1. The van der Waals surface area contributed by atoms with E-state index in [-0.39, 0.29) is 0 Å². The van der Waals surface area contributed by atoms with Crippen molar-refractivity contribution in [2.45, 2.75) is 72.3 Å². The number of rotatable bonds is 9. The van der Waals surface area contributed by atoms with Crippen LogP contribution in [-0.4, -0.2) is 6.54 Å². The minimum absolute atomic E-state index is 0.534. The van der Waals surface area contributed by atoms with Crippen molar-refractivity contribution >= 4 is 0 Å². The molecule has 0 radical (unpaired) electrons. The molecule has 1 atom stereocenters. The van der Waals surface area contributed by atoms with Gasteiger partial charge in [-0.3, -0.25) is 0 Å². The van der Waals surface area contributed by atoms with E-state index in [1.165, 1.54) is 55.2 Å². The van der Waals surface area contributed by atoms with Gasteiger partial charge in [0, 0.05) is 6.04 Å². The second-order valence-electron chi connectivity index (χ2n) is 5.67. The third-order valence-corrected chi connectivity index (χ3v) is 3.85. The maximum absolute atomic E-state index is 3.65. The van der Waals surface area contributed by atoms with Gasteiger partial charge in [-0.05, 0) is 37.9 Å². The number of hydrogen-bond donors (Lipinski definition) is 1. The molecule has 1 unspecified atom stereocenters. The second kappa shape index (κ2) is 9.14. The second-order valence-corrected chi connectivity index (χ2v) is 5.67. The molecule has 19 heavy (non-hydrogen) atoms. The van der Waals surface area contributed by atoms with Crippen LogP contribution < -0.4 is 5.32 Å². The highest BCUT2D eigenvalue weighted by Crippen LogP contribution is 2.24. The Morgan fingerprint density at radius 1 is 1.00 bits per heavy atom. The number of hydrogen-bond acceptors (Lipinski definition) is 1. The zero-order valence-corrected chi connectivity index (χ0v) is 13.3. The zero-order valence-electron chi connectivity index (χ0n) is 13.3. The lowest BCUT2D eigenvalue weighted by molar-refractivity contribution is 0.477. The lowest BCUT2D eigenvalue weighted by Crippen LogP contribution is -2.21. The van der Waals surface area contributed by atoms with Crippen molar-refractivity contribution in [1.82, 2.24) is 5.32 Å². The molecular weight excluding hydrogens is 230 g/mol. The minimum atomic E-state index is 0.534. The summed E-state index contributed by atoms with van der Waals surface area (Å²) in [5.41, 5.74) is 4.28. The highest BCUT2D eigenvalue weighted by Gasteiger charge is 2.12. The number of unbranched alkanes of at least 4 members (excludes halogenated alkanes) is 4. The van der Waals surface area contributed by atoms with E-state index in [4.69, 9.17) is 0 Å². The lowest BCUT2D eigenvalue weighted by atomic mass is 9.95. The summed E-state index contributed by atoms with van der Waals surface area (Å²) in [5.74, 6) is 0. The van der Waals surface area contributed by atoms with Gasteiger partial charge in [0.1, 0.15) is 0 Å². The van der Waals surface area contributed by atoms with E-state index in [1.54, 1.807) is 0 Å². The molecule has 0 aliphatic rings. The molecule has 1 nitrogen and oxygen atoms in total. The Kier molecular flexibility index (Phi) is 7.81. The van der Waals surface area contributed by atoms with Gasteiger partial charge < -0.3 is 5.32 Å². The first-order chi connectivity index (χ1) is 9.19. The van der Waals surface area contributed by atoms with E-state index < -0.39 is 0 Å². The Balaban J connectivity index is 2.55. The molecule has 0 heterocycles. The van der Waals surface area contributed by atoms with Crippen molar-refractivity contribution < 1.29 is 0 Å². The number of benzene rings is 1. The third kappa shape index (κ3) is 5.78. The molecule has 0 fully saturated rings. The molecular formula is C18H31N. The van der Waals surface area contributed by atoms with Gasteiger partial charge in [0.25, 0.3) is 0 Å². The van der Waals surface area contributed by atoms with Gasteiger partial charge in [0.05, 0.1) is 0 Å². The van der Waals surface area contributed by atoms with Gasteiger partial charge >= 0.3 is 0 Å². The van der Waals surface area contributed by atoms with Crippen LogP contribution in [0.2, 0.25) is 0 Å². The number of aryl methyl sites for hydroxylation is 2. The predicted molar refractivity (Wildman–Crippen MR) is 85.7 cm³/mol. The first-order valence-electron chi connectivity index (χ1n) is 7.99. The normalized spacial score (nSPS) is 12.6. The van der Waals surface area contributed by atoms with Crippen molar-refractivity contribution in [3.63, 3.8) is 0 Å². The molecule has 1 aromatic carbocycles. The van der Waals surface area contributed by atoms with E-state index in [1.807, 2.05) is 0 Å². The standard InChI is InChI=1S/C18H31N/c1-5-7-8-9-10-11-18(19-6-2)17-13-12-15(3)14-16(17)4/h12-14,18-19H,5-11H2,1-4H3. The lowest BCUT2D eigenvalue weighted by Gasteiger charge is -2.21. The molecule has 108 valence electrons. The van der Waals surface area contributed by atoms with Crippen molar-refractivity contribution in [1.29, 1.82) is 0 Å². The molecule has 0 aliphatic carbocycles. The largest absolute Gasteiger partial charge is 0.310 e. The Labute approximate surface area is 119 Å². The highest BCUT2D eigenvalue weighted by atomic mass is 14.9. The molecule has 1 rings (SSSR count). The summed E-state index contributed by atoms with van der Waals surface area (Å²) < 4.78 is 0. The summed E-state index contributed by atoms with van der Waals surface area (Å²) in [4.78, 5) is 0. The van der Waals surface area contributed by atoms with Crippen molar-refractivity contribution in [2.24, 2.45) is 0 Å². The molecule has 0 saturated heterocycles. The molecule has 1 N–H and O–H groups in total. The van der Waals surface area contributed by atoms with Crippen molar-refractivity contribution in [3.8, 4) is 0 Å². The molecule has 0 aromatic heterocycles. The van der Waals surface area contributed by atoms with Crippen LogP contribution in [0.15, 0.2) is 18.2 Å². The third-order valence-electron chi connectivity index (χ3n) is 3.85. The molecule has 0 spiro atoms. The van der Waals surface area contributed by atoms with Crippen LogP contribution in [0, 0.1) is 13.8 Å². The summed E-state index contributed by atoms with van der Waals surface area (Å²) in [5, 5.41) is 3.65. The summed E-state index contributed by atoms with van der Waals surface area (Å²) in [7, 11) is 0. The van der Waals surface area contributed by atoms with Crippen LogP contribution in [-0.2, 0) is 0 Å². The van der Waals surface area contributed by atoms with E-state index >= 15 is 0 Å². The summed E-state index contributed by atoms with van der Waals surface area (Å²) in [6, 6.07) is 7.39. The van der Waals surface area contributed by atoms with E-state index in [2.05, 4.69) is 51.2 Å². The average Bonchev–Trinajstić information content (AvgIpc) is 2.38. The maximum Gasteiger partial charge on any atom is 0.0322 e. The maximum atomic E-state index is 3.65. The summed E-state index contributed by atoms with van der Waals surface area (Å²) in [6.45, 7) is 9.94. The Morgan fingerprint density at radius 2 is 1.74 bits per heavy atom. The van der Waals surface area contributed by atoms with Gasteiger partial charge in [-0.15, -0.1) is 0 Å². The van der Waals surface area contributed by atoms with Gasteiger partial charge in [-0.25, -0.2) is 0 Å². The predicted octanol–water partition coefficient (Wildman–Crippen LogP) is 5.31. The monoisotopic (exact) mass is 261 g/mol. The van der Waals surface area contributed by atoms with Crippen LogP contribution in [0.25, 0.3) is 0 Å². The van der Waals surface area contributed by atoms with Crippen LogP contribution in [0.1, 0.15) is 75.1 Å². The first kappa shape index (κ1) is 16.2. The summed E-state index contributed by atoms with van der Waals surface area (Å²) in [6.07, 6.45) is 8.08. The average molecular weight is 261 g/mol. The van der Waals surface area contributed by atoms with Gasteiger partial charge in [-0.2, -0.15) is 0 Å². The Morgan fingerprint density at radius 3 is 2.37 bits per heavy atom. The highest BCUT2D eigenvalue weighted by molar-refractivity contribution is 5.32. The van der Waals surface area contributed by atoms with Crippen LogP contribution in [0.5, 0.6) is 0 Å². The molecule has 0 amide bonds. The quantitative estimate of drug-likeness (QED) is 0.594. The van der Waals surface area contributed by atoms with Gasteiger partial charge in [0.15, 0.2) is 0 Å². The zero-order chi connectivity index (χ0) is 14.1. The van der Waals surface area contributed by atoms with Gasteiger partial charge in [-0.1, -0.05) is 69.7 Å². The smallest absolute Gasteiger partial charge is 0.0322 e. The fourth-order valence-electron chi connectivity index (χ4n) is 2.78. The van der Waals surface area contributed by atoms with E-state index in [0.717, 1.165) is 6.54 Å². The van der Waals surface area contributed by atoms with Crippen molar-refractivity contribution in [2.75, 3.05) is 6.54 Å². The SMILES string of the molecule is CCCCCCCC(NCC)c1ccc(C)cc1C. The van der Waals surface area contributed by atoms with Crippen LogP contribution >= 0.6 is 0 Å². The van der Waals surface area contributed by atoms with Crippen LogP contribution in [0.3, 0.4) is 0 Å². The Bertz CT molecular complexity index is 357. The fraction of sp³-hybridized carbons (Fsp3) is 0.667. The molecule has 1 heteroatoms. The topological polar surface area (TPSA) is 12.0 Å². The Hall–Kier alpha value is -0.820. The molecule has 0 saturated carbocycles. The molecule has 0 bridgehead atoms. The molecule has 1 aromatic rings. The van der Waals surface area contributed by atoms with Crippen LogP contribution in [0.4, 0.5) is 0 Å². The molecule has 0 aliphatic heterocycles. The van der Waals surface area contributed by atoms with E-state index in [9.17, 15) is 0 Å². The van der Waals surface area contributed by atoms with E-state index in [0.29, 0.717) is 6.04 Å². The van der Waals surface area contributed by atoms with Crippen molar-refractivity contribution in [3.05, 3.63) is 34.9 Å². The first-order valence-corrected chi connectivity index (χ1v) is 7.99. The minimum Gasteiger partial charge on any atom is -0.310 e. The fourth-order valence-corrected chi connectivity index (χ4v) is 2.78. The summed E-state index contributed by atoms with van der Waals surface area (Å²) >= 11 is 0.